The second-order valence-corrected chi connectivity index (χ2v) is 11.5. The topological polar surface area (TPSA) is 93.1 Å². The third kappa shape index (κ3) is 6.45. The maximum atomic E-state index is 11.7. The van der Waals surface area contributed by atoms with E-state index in [1.807, 2.05) is 0 Å². The highest BCUT2D eigenvalue weighted by molar-refractivity contribution is 9.11. The van der Waals surface area contributed by atoms with Gasteiger partial charge in [-0.2, -0.15) is 0 Å². The Morgan fingerprint density at radius 2 is 1.62 bits per heavy atom. The van der Waals surface area contributed by atoms with E-state index in [-0.39, 0.29) is 11.9 Å². The van der Waals surface area contributed by atoms with Crippen molar-refractivity contribution in [1.29, 1.82) is 0 Å². The molecule has 0 aromatic heterocycles. The molecular formula is C23H21Br2O6P. The van der Waals surface area contributed by atoms with Gasteiger partial charge in [0.1, 0.15) is 11.5 Å². The van der Waals surface area contributed by atoms with Crippen molar-refractivity contribution in [3.8, 4) is 17.2 Å². The fourth-order valence-electron chi connectivity index (χ4n) is 3.12. The molecule has 0 saturated carbocycles. The van der Waals surface area contributed by atoms with Gasteiger partial charge in [-0.05, 0) is 85.5 Å². The number of aromatic hydroxyl groups is 1. The lowest BCUT2D eigenvalue weighted by atomic mass is 10.0. The van der Waals surface area contributed by atoms with Gasteiger partial charge >= 0.3 is 5.97 Å². The number of carbonyl (C=O) groups is 1. The fourth-order valence-corrected chi connectivity index (χ4v) is 5.42. The van der Waals surface area contributed by atoms with Gasteiger partial charge in [-0.25, -0.2) is 4.79 Å². The lowest BCUT2D eigenvalue weighted by Crippen LogP contribution is -2.01. The van der Waals surface area contributed by atoms with Crippen molar-refractivity contribution in [3.05, 3.63) is 85.8 Å². The number of hydrogen-bond donors (Lipinski definition) is 2. The zero-order valence-corrected chi connectivity index (χ0v) is 21.4. The molecule has 0 saturated heterocycles. The Morgan fingerprint density at radius 1 is 1.00 bits per heavy atom. The quantitative estimate of drug-likeness (QED) is 0.244. The molecule has 0 heterocycles. The molecule has 6 nitrogen and oxygen atoms in total. The van der Waals surface area contributed by atoms with Crippen molar-refractivity contribution in [2.45, 2.75) is 12.6 Å². The summed E-state index contributed by atoms with van der Waals surface area (Å²) >= 11 is 6.92. The molecule has 0 aliphatic carbocycles. The highest BCUT2D eigenvalue weighted by atomic mass is 79.9. The van der Waals surface area contributed by atoms with Crippen molar-refractivity contribution < 1.29 is 28.8 Å². The molecule has 3 rings (SSSR count). The number of benzene rings is 3. The molecule has 9 heteroatoms. The molecule has 0 amide bonds. The first kappa shape index (κ1) is 24.5. The summed E-state index contributed by atoms with van der Waals surface area (Å²) in [6.45, 7) is 1.32. The fraction of sp³-hybridized carbons (Fsp3) is 0.174. The van der Waals surface area contributed by atoms with Crippen molar-refractivity contribution in [2.75, 3.05) is 13.8 Å². The van der Waals surface area contributed by atoms with Crippen LogP contribution < -0.4 is 4.74 Å². The minimum absolute atomic E-state index is 0.0581. The zero-order valence-electron chi connectivity index (χ0n) is 17.3. The Morgan fingerprint density at radius 3 is 2.19 bits per heavy atom. The van der Waals surface area contributed by atoms with Crippen molar-refractivity contribution in [2.24, 2.45) is 0 Å². The Labute approximate surface area is 202 Å². The van der Waals surface area contributed by atoms with Gasteiger partial charge in [0.25, 0.3) is 0 Å². The standard InChI is InChI=1S/C23H21Br2O6P/c1-30-23(27)16-5-3-14(4-6-16)9-17-12-18(7-8-21(17)26)31-22-19(24)10-15(11-20(22)25)13-32(2,28)29/h3-8,10-12,26H,9,13H2,1-2H3,(H,28,29). The summed E-state index contributed by atoms with van der Waals surface area (Å²) in [5.41, 5.74) is 2.72. The van der Waals surface area contributed by atoms with Crippen molar-refractivity contribution in [1.82, 2.24) is 0 Å². The summed E-state index contributed by atoms with van der Waals surface area (Å²) in [4.78, 5) is 21.2. The Bertz CT molecular complexity index is 1160. The molecule has 0 spiro atoms. The average Bonchev–Trinajstić information content (AvgIpc) is 2.71. The molecule has 0 bridgehead atoms. The SMILES string of the molecule is COC(=O)c1ccc(Cc2cc(Oc3c(Br)cc(CP(C)(=O)O)cc3Br)ccc2O)cc1. The molecule has 1 unspecified atom stereocenters. The number of rotatable bonds is 7. The van der Waals surface area contributed by atoms with Crippen LogP contribution in [0.4, 0.5) is 0 Å². The average molecular weight is 584 g/mol. The monoisotopic (exact) mass is 582 g/mol. The Kier molecular flexibility index (Phi) is 7.83. The molecular weight excluding hydrogens is 563 g/mol. The number of halogens is 2. The van der Waals surface area contributed by atoms with Crippen LogP contribution >= 0.6 is 39.2 Å². The van der Waals surface area contributed by atoms with Gasteiger partial charge in [-0.15, -0.1) is 0 Å². The lowest BCUT2D eigenvalue weighted by Gasteiger charge is -2.14. The van der Waals surface area contributed by atoms with E-state index in [0.717, 1.165) is 5.56 Å². The molecule has 1 atom stereocenters. The van der Waals surface area contributed by atoms with Crippen LogP contribution in [0.15, 0.2) is 63.5 Å². The maximum absolute atomic E-state index is 11.7. The normalized spacial score (nSPS) is 12.8. The molecule has 0 aliphatic heterocycles. The third-order valence-corrected chi connectivity index (χ3v) is 6.70. The first-order chi connectivity index (χ1) is 15.1. The first-order valence-corrected chi connectivity index (χ1v) is 13.4. The van der Waals surface area contributed by atoms with Gasteiger partial charge in [-0.1, -0.05) is 12.1 Å². The van der Waals surface area contributed by atoms with Crippen LogP contribution in [0.2, 0.25) is 0 Å². The third-order valence-electron chi connectivity index (χ3n) is 4.57. The molecule has 0 radical (unpaired) electrons. The van der Waals surface area contributed by atoms with E-state index in [0.29, 0.717) is 43.6 Å². The van der Waals surface area contributed by atoms with Gasteiger partial charge in [0.15, 0.2) is 5.75 Å². The second kappa shape index (κ2) is 10.2. The van der Waals surface area contributed by atoms with E-state index < -0.39 is 13.3 Å². The van der Waals surface area contributed by atoms with Gasteiger partial charge in [0.2, 0.25) is 7.37 Å². The van der Waals surface area contributed by atoms with Gasteiger partial charge in [-0.3, -0.25) is 4.57 Å². The number of phenolic OH excluding ortho intramolecular Hbond substituents is 1. The predicted molar refractivity (Wildman–Crippen MR) is 130 cm³/mol. The van der Waals surface area contributed by atoms with Crippen LogP contribution in [-0.2, 0) is 21.9 Å². The molecule has 168 valence electrons. The first-order valence-electron chi connectivity index (χ1n) is 9.50. The largest absolute Gasteiger partial charge is 0.508 e. The summed E-state index contributed by atoms with van der Waals surface area (Å²) in [7, 11) is -1.87. The predicted octanol–water partition coefficient (Wildman–Crippen LogP) is 6.49. The van der Waals surface area contributed by atoms with E-state index in [2.05, 4.69) is 31.9 Å². The molecule has 0 aliphatic rings. The van der Waals surface area contributed by atoms with Crippen LogP contribution in [0.5, 0.6) is 17.2 Å². The highest BCUT2D eigenvalue weighted by Crippen LogP contribution is 2.44. The number of carbonyl (C=O) groups excluding carboxylic acids is 1. The van der Waals surface area contributed by atoms with Crippen LogP contribution in [0.25, 0.3) is 0 Å². The molecule has 3 aromatic rings. The number of ether oxygens (including phenoxy) is 2. The van der Waals surface area contributed by atoms with E-state index in [9.17, 15) is 19.4 Å². The van der Waals surface area contributed by atoms with Gasteiger partial charge in [0, 0.05) is 24.8 Å². The lowest BCUT2D eigenvalue weighted by molar-refractivity contribution is 0.0600. The highest BCUT2D eigenvalue weighted by Gasteiger charge is 2.16. The summed E-state index contributed by atoms with van der Waals surface area (Å²) in [6, 6.07) is 15.4. The van der Waals surface area contributed by atoms with Crippen molar-refractivity contribution in [3.63, 3.8) is 0 Å². The summed E-state index contributed by atoms with van der Waals surface area (Å²) in [5, 5.41) is 10.3. The van der Waals surface area contributed by atoms with Crippen LogP contribution in [0, 0.1) is 0 Å². The maximum Gasteiger partial charge on any atom is 0.337 e. The van der Waals surface area contributed by atoms with Crippen molar-refractivity contribution >= 4 is 45.2 Å². The summed E-state index contributed by atoms with van der Waals surface area (Å²) < 4.78 is 23.7. The smallest absolute Gasteiger partial charge is 0.337 e. The minimum atomic E-state index is -3.20. The minimum Gasteiger partial charge on any atom is -0.508 e. The summed E-state index contributed by atoms with van der Waals surface area (Å²) in [5.74, 6) is 0.750. The van der Waals surface area contributed by atoms with Gasteiger partial charge < -0.3 is 19.5 Å². The second-order valence-electron chi connectivity index (χ2n) is 7.36. The number of esters is 1. The van der Waals surface area contributed by atoms with E-state index >= 15 is 0 Å². The number of phenols is 1. The molecule has 3 aromatic carbocycles. The van der Waals surface area contributed by atoms with E-state index in [4.69, 9.17) is 9.47 Å². The molecule has 0 fully saturated rings. The number of methoxy groups -OCH3 is 1. The Balaban J connectivity index is 1.82. The summed E-state index contributed by atoms with van der Waals surface area (Å²) in [6.07, 6.45) is 0.497. The zero-order chi connectivity index (χ0) is 23.5. The van der Waals surface area contributed by atoms with Crippen LogP contribution in [0.3, 0.4) is 0 Å². The molecule has 2 N–H and O–H groups in total. The number of hydrogen-bond acceptors (Lipinski definition) is 5. The van der Waals surface area contributed by atoms with E-state index in [1.54, 1.807) is 54.6 Å². The van der Waals surface area contributed by atoms with Crippen LogP contribution in [0.1, 0.15) is 27.0 Å². The van der Waals surface area contributed by atoms with E-state index in [1.165, 1.54) is 13.8 Å². The van der Waals surface area contributed by atoms with Crippen LogP contribution in [-0.4, -0.2) is 29.7 Å². The van der Waals surface area contributed by atoms with Gasteiger partial charge in [0.05, 0.1) is 21.6 Å². The Hall–Kier alpha value is -2.12. The molecule has 32 heavy (non-hydrogen) atoms.